The van der Waals surface area contributed by atoms with Crippen LogP contribution in [-0.2, 0) is 37.8 Å². The Balaban J connectivity index is 1.56. The van der Waals surface area contributed by atoms with Gasteiger partial charge in [0.2, 0.25) is 0 Å². The fourth-order valence-corrected chi connectivity index (χ4v) is 3.08. The van der Waals surface area contributed by atoms with Gasteiger partial charge in [0.05, 0.1) is 12.7 Å². The van der Waals surface area contributed by atoms with Gasteiger partial charge in [-0.3, -0.25) is 9.67 Å². The second-order valence-electron chi connectivity index (χ2n) is 6.47. The van der Waals surface area contributed by atoms with E-state index in [0.29, 0.717) is 6.61 Å². The smallest absolute Gasteiger partial charge is 0.191 e. The van der Waals surface area contributed by atoms with E-state index in [9.17, 15) is 0 Å². The third-order valence-corrected chi connectivity index (χ3v) is 4.29. The van der Waals surface area contributed by atoms with Crippen LogP contribution in [-0.4, -0.2) is 56.7 Å². The number of aryl methyl sites for hydroxylation is 2. The second kappa shape index (κ2) is 8.79. The molecule has 0 spiro atoms. The van der Waals surface area contributed by atoms with Crippen molar-refractivity contribution in [2.75, 3.05) is 20.2 Å². The van der Waals surface area contributed by atoms with Gasteiger partial charge in [-0.25, -0.2) is 9.67 Å². The maximum Gasteiger partial charge on any atom is 0.191 e. The summed E-state index contributed by atoms with van der Waals surface area (Å²) in [6.45, 7) is 4.87. The maximum atomic E-state index is 5.12. The third-order valence-electron chi connectivity index (χ3n) is 4.29. The SMILES string of the molecule is CCNC(=NCCc1cnn(C)c1)NC1CCc2nc(COC)nn2C1. The van der Waals surface area contributed by atoms with E-state index < -0.39 is 0 Å². The molecule has 3 heterocycles. The van der Waals surface area contributed by atoms with Gasteiger partial charge in [-0.05, 0) is 25.3 Å². The fourth-order valence-electron chi connectivity index (χ4n) is 3.08. The molecule has 9 heteroatoms. The Labute approximate surface area is 153 Å². The highest BCUT2D eigenvalue weighted by Gasteiger charge is 2.22. The van der Waals surface area contributed by atoms with Crippen molar-refractivity contribution in [2.45, 2.75) is 45.4 Å². The molecule has 9 nitrogen and oxygen atoms in total. The molecule has 0 aromatic carbocycles. The minimum atomic E-state index is 0.288. The van der Waals surface area contributed by atoms with Gasteiger partial charge < -0.3 is 15.4 Å². The first-order chi connectivity index (χ1) is 12.7. The van der Waals surface area contributed by atoms with Gasteiger partial charge in [0.15, 0.2) is 11.8 Å². The molecule has 3 rings (SSSR count). The molecule has 0 fully saturated rings. The minimum absolute atomic E-state index is 0.288. The molecule has 1 aliphatic rings. The molecule has 0 aliphatic carbocycles. The van der Waals surface area contributed by atoms with Gasteiger partial charge in [0, 0.05) is 45.9 Å². The van der Waals surface area contributed by atoms with E-state index in [1.54, 1.807) is 7.11 Å². The number of guanidine groups is 1. The first-order valence-corrected chi connectivity index (χ1v) is 9.11. The highest BCUT2D eigenvalue weighted by atomic mass is 16.5. The van der Waals surface area contributed by atoms with E-state index in [-0.39, 0.29) is 6.04 Å². The van der Waals surface area contributed by atoms with E-state index >= 15 is 0 Å². The Kier molecular flexibility index (Phi) is 6.21. The van der Waals surface area contributed by atoms with Crippen molar-refractivity contribution in [2.24, 2.45) is 12.0 Å². The van der Waals surface area contributed by atoms with Crippen LogP contribution in [0.15, 0.2) is 17.4 Å². The molecule has 0 saturated carbocycles. The van der Waals surface area contributed by atoms with Crippen molar-refractivity contribution < 1.29 is 4.74 Å². The van der Waals surface area contributed by atoms with Gasteiger partial charge in [-0.1, -0.05) is 0 Å². The summed E-state index contributed by atoms with van der Waals surface area (Å²) >= 11 is 0. The molecule has 1 aliphatic heterocycles. The maximum absolute atomic E-state index is 5.12. The van der Waals surface area contributed by atoms with Crippen LogP contribution in [0, 0.1) is 0 Å². The summed E-state index contributed by atoms with van der Waals surface area (Å²) in [6.07, 6.45) is 6.71. The Morgan fingerprint density at radius 1 is 1.46 bits per heavy atom. The Morgan fingerprint density at radius 3 is 3.08 bits per heavy atom. The topological polar surface area (TPSA) is 94.2 Å². The number of hydrogen-bond donors (Lipinski definition) is 2. The molecule has 0 amide bonds. The molecule has 2 N–H and O–H groups in total. The molecule has 142 valence electrons. The molecule has 0 radical (unpaired) electrons. The zero-order chi connectivity index (χ0) is 18.4. The number of hydrogen-bond acceptors (Lipinski definition) is 5. The van der Waals surface area contributed by atoms with Gasteiger partial charge in [0.1, 0.15) is 12.4 Å². The zero-order valence-corrected chi connectivity index (χ0v) is 15.8. The van der Waals surface area contributed by atoms with Gasteiger partial charge in [0.25, 0.3) is 0 Å². The average molecular weight is 360 g/mol. The van der Waals surface area contributed by atoms with E-state index in [2.05, 4.69) is 32.7 Å². The molecular weight excluding hydrogens is 332 g/mol. The Hall–Kier alpha value is -2.42. The third kappa shape index (κ3) is 4.81. The van der Waals surface area contributed by atoms with E-state index in [0.717, 1.165) is 56.5 Å². The summed E-state index contributed by atoms with van der Waals surface area (Å²) in [4.78, 5) is 9.22. The fraction of sp³-hybridized carbons (Fsp3) is 0.647. The van der Waals surface area contributed by atoms with E-state index in [4.69, 9.17) is 9.73 Å². The highest BCUT2D eigenvalue weighted by molar-refractivity contribution is 5.80. The lowest BCUT2D eigenvalue weighted by molar-refractivity contribution is 0.177. The molecule has 1 unspecified atom stereocenters. The number of rotatable bonds is 7. The molecule has 2 aromatic rings. The lowest BCUT2D eigenvalue weighted by Gasteiger charge is -2.25. The zero-order valence-electron chi connectivity index (χ0n) is 15.8. The average Bonchev–Trinajstić information content (AvgIpc) is 3.20. The molecule has 0 saturated heterocycles. The largest absolute Gasteiger partial charge is 0.377 e. The van der Waals surface area contributed by atoms with Crippen LogP contribution in [0.2, 0.25) is 0 Å². The summed E-state index contributed by atoms with van der Waals surface area (Å²) in [7, 11) is 3.59. The molecule has 2 aromatic heterocycles. The Morgan fingerprint density at radius 2 is 2.35 bits per heavy atom. The minimum Gasteiger partial charge on any atom is -0.377 e. The van der Waals surface area contributed by atoms with Crippen LogP contribution >= 0.6 is 0 Å². The van der Waals surface area contributed by atoms with Crippen LogP contribution < -0.4 is 10.6 Å². The summed E-state index contributed by atoms with van der Waals surface area (Å²) in [5.41, 5.74) is 1.20. The predicted molar refractivity (Wildman–Crippen MR) is 98.9 cm³/mol. The summed E-state index contributed by atoms with van der Waals surface area (Å²) in [5.74, 6) is 2.64. The lowest BCUT2D eigenvalue weighted by Crippen LogP contribution is -2.47. The number of nitrogens with zero attached hydrogens (tertiary/aromatic N) is 6. The van der Waals surface area contributed by atoms with E-state index in [1.807, 2.05) is 28.8 Å². The number of nitrogens with one attached hydrogen (secondary N) is 2. The van der Waals surface area contributed by atoms with Crippen LogP contribution in [0.25, 0.3) is 0 Å². The van der Waals surface area contributed by atoms with E-state index in [1.165, 1.54) is 5.56 Å². The Bertz CT molecular complexity index is 735. The van der Waals surface area contributed by atoms with Crippen molar-refractivity contribution in [3.63, 3.8) is 0 Å². The number of fused-ring (bicyclic) bond motifs is 1. The molecular formula is C17H28N8O. The first kappa shape index (κ1) is 18.4. The van der Waals surface area contributed by atoms with Crippen molar-refractivity contribution in [1.82, 2.24) is 35.2 Å². The van der Waals surface area contributed by atoms with Crippen LogP contribution in [0.1, 0.15) is 30.6 Å². The molecule has 1 atom stereocenters. The summed E-state index contributed by atoms with van der Waals surface area (Å²) in [5, 5.41) is 15.6. The lowest BCUT2D eigenvalue weighted by atomic mass is 10.1. The van der Waals surface area contributed by atoms with Crippen LogP contribution in [0.5, 0.6) is 0 Å². The van der Waals surface area contributed by atoms with Crippen molar-refractivity contribution in [3.8, 4) is 0 Å². The van der Waals surface area contributed by atoms with Crippen LogP contribution in [0.3, 0.4) is 0 Å². The molecule has 0 bridgehead atoms. The number of aliphatic imine (C=N–C) groups is 1. The quantitative estimate of drug-likeness (QED) is 0.544. The van der Waals surface area contributed by atoms with Gasteiger partial charge >= 0.3 is 0 Å². The van der Waals surface area contributed by atoms with Crippen molar-refractivity contribution in [1.29, 1.82) is 0 Å². The first-order valence-electron chi connectivity index (χ1n) is 9.11. The number of aromatic nitrogens is 5. The van der Waals surface area contributed by atoms with Gasteiger partial charge in [-0.2, -0.15) is 10.2 Å². The standard InChI is InChI=1S/C17H28N8O/c1-4-18-17(19-8-7-13-9-20-24(2)10-13)21-14-5-6-16-22-15(12-26-3)23-25(16)11-14/h9-10,14H,4-8,11-12H2,1-3H3,(H2,18,19,21). The number of methoxy groups -OCH3 is 1. The summed E-state index contributed by atoms with van der Waals surface area (Å²) in [6, 6.07) is 0.288. The van der Waals surface area contributed by atoms with Crippen LogP contribution in [0.4, 0.5) is 0 Å². The second-order valence-corrected chi connectivity index (χ2v) is 6.47. The van der Waals surface area contributed by atoms with Gasteiger partial charge in [-0.15, -0.1) is 0 Å². The number of ether oxygens (including phenoxy) is 1. The summed E-state index contributed by atoms with van der Waals surface area (Å²) < 4.78 is 8.92. The molecule has 26 heavy (non-hydrogen) atoms. The van der Waals surface area contributed by atoms with Crippen molar-refractivity contribution >= 4 is 5.96 Å². The predicted octanol–water partition coefficient (Wildman–Crippen LogP) is 0.271. The normalized spacial score (nSPS) is 17.2. The van der Waals surface area contributed by atoms with Crippen molar-refractivity contribution in [3.05, 3.63) is 29.6 Å². The monoisotopic (exact) mass is 360 g/mol. The highest BCUT2D eigenvalue weighted by Crippen LogP contribution is 2.13.